The molecule has 1 fully saturated rings. The fourth-order valence-corrected chi connectivity index (χ4v) is 8.30. The molecule has 0 spiro atoms. The van der Waals surface area contributed by atoms with Crippen LogP contribution >= 0.6 is 22.4 Å². The number of esters is 1. The first-order valence-corrected chi connectivity index (χ1v) is 18.6. The van der Waals surface area contributed by atoms with Crippen LogP contribution in [0.15, 0.2) is 67.3 Å². The van der Waals surface area contributed by atoms with Crippen molar-refractivity contribution < 1.29 is 61.2 Å². The molecule has 0 bridgehead atoms. The zero-order valence-corrected chi connectivity index (χ0v) is 26.7. The summed E-state index contributed by atoms with van der Waals surface area (Å²) in [6.45, 7) is -5.75. The summed E-state index contributed by atoms with van der Waals surface area (Å²) in [4.78, 5) is 63.0. The van der Waals surface area contributed by atoms with Gasteiger partial charge in [0.15, 0.2) is 23.8 Å². The third-order valence-electron chi connectivity index (χ3n) is 6.48. The summed E-state index contributed by atoms with van der Waals surface area (Å²) in [5, 5.41) is 11.1. The zero-order valence-electron chi connectivity index (χ0n) is 23.2. The molecule has 4 aromatic rings. The van der Waals surface area contributed by atoms with Gasteiger partial charge in [-0.05, 0) is 41.5 Å². The van der Waals surface area contributed by atoms with Crippen molar-refractivity contribution in [3.8, 4) is 0 Å². The second-order valence-corrected chi connectivity index (χ2v) is 15.6. The van der Waals surface area contributed by atoms with E-state index in [0.717, 1.165) is 17.5 Å². The van der Waals surface area contributed by atoms with Gasteiger partial charge in [-0.25, -0.2) is 33.2 Å². The number of hydrogen-bond acceptors (Lipinski definition) is 14. The first-order chi connectivity index (χ1) is 21.6. The molecule has 0 aliphatic carbocycles. The number of carbonyl (C=O) groups excluding carboxylic acids is 1. The molecule has 1 aliphatic heterocycles. The number of nitrogens with two attached hydrogens (primary N) is 1. The molecule has 1 saturated heterocycles. The third kappa shape index (κ3) is 8.48. The van der Waals surface area contributed by atoms with Crippen molar-refractivity contribution in [3.05, 3.63) is 83.9 Å². The van der Waals surface area contributed by atoms with Crippen LogP contribution < -0.4 is 5.73 Å². The maximum absolute atomic E-state index is 13.2. The number of ether oxygens (including phenoxy) is 2. The molecule has 1 aliphatic rings. The van der Waals surface area contributed by atoms with E-state index in [-0.39, 0.29) is 22.5 Å². The molecule has 46 heavy (non-hydrogen) atoms. The predicted octanol–water partition coefficient (Wildman–Crippen LogP) is 1.94. The van der Waals surface area contributed by atoms with Crippen LogP contribution in [0.3, 0.4) is 0 Å². The molecular formula is C24H26N5O13P3S. The summed E-state index contributed by atoms with van der Waals surface area (Å²) < 4.78 is 49.5. The number of aromatic nitrogens is 4. The van der Waals surface area contributed by atoms with Gasteiger partial charge in [0.2, 0.25) is 0 Å². The van der Waals surface area contributed by atoms with Crippen molar-refractivity contribution in [2.45, 2.75) is 31.0 Å². The van der Waals surface area contributed by atoms with Gasteiger partial charge in [-0.2, -0.15) is 4.31 Å². The standard InChI is InChI=1S/C24H26N5O13P3S/c25-21-18-22(27-12-26-21)29(13-28-18)23-20(40-24(31)16-8-6-15(7-9-16)10-14-4-2-1-3-5-14)19(30)17(39-23)11-38-43(32,33)41-44(34,35)42-45(36,37)46/h1-9,12-13,17,19-20,23,30H,10-11H2,(H,32,33)(H,34,35)(H2,25,26,27)(H2,36,37,46)/t17-,19-,20-,23-/m1/s1. The quantitative estimate of drug-likeness (QED) is 0.0903. The van der Waals surface area contributed by atoms with Crippen LogP contribution in [0, 0.1) is 0 Å². The van der Waals surface area contributed by atoms with Crippen LogP contribution in [0.4, 0.5) is 5.82 Å². The highest BCUT2D eigenvalue weighted by Gasteiger charge is 2.49. The van der Waals surface area contributed by atoms with Crippen molar-refractivity contribution in [1.29, 1.82) is 0 Å². The van der Waals surface area contributed by atoms with E-state index >= 15 is 0 Å². The van der Waals surface area contributed by atoms with E-state index in [0.29, 0.717) is 6.42 Å². The third-order valence-corrected chi connectivity index (χ3v) is 10.9. The van der Waals surface area contributed by atoms with Crippen LogP contribution in [0.25, 0.3) is 11.2 Å². The Morgan fingerprint density at radius 3 is 2.30 bits per heavy atom. The molecule has 2 aromatic heterocycles. The normalized spacial score (nSPS) is 22.7. The Morgan fingerprint density at radius 2 is 1.63 bits per heavy atom. The highest BCUT2D eigenvalue weighted by atomic mass is 32.5. The Balaban J connectivity index is 1.35. The van der Waals surface area contributed by atoms with Crippen molar-refractivity contribution in [2.24, 2.45) is 0 Å². The van der Waals surface area contributed by atoms with Gasteiger partial charge in [0.1, 0.15) is 24.1 Å². The summed E-state index contributed by atoms with van der Waals surface area (Å²) in [6, 6.07) is 16.3. The lowest BCUT2D eigenvalue weighted by Crippen LogP contribution is -2.37. The van der Waals surface area contributed by atoms with Gasteiger partial charge in [0.25, 0.3) is 0 Å². The maximum atomic E-state index is 13.2. The molecule has 0 saturated carbocycles. The Bertz CT molecular complexity index is 1860. The van der Waals surface area contributed by atoms with E-state index in [1.54, 1.807) is 24.3 Å². The molecule has 246 valence electrons. The van der Waals surface area contributed by atoms with Gasteiger partial charge in [0.05, 0.1) is 18.5 Å². The highest BCUT2D eigenvalue weighted by molar-refractivity contribution is 8.08. The average molecular weight is 717 g/mol. The number of nitrogen functional groups attached to an aromatic ring is 1. The summed E-state index contributed by atoms with van der Waals surface area (Å²) in [6.07, 6.45) is -3.06. The van der Waals surface area contributed by atoms with Gasteiger partial charge in [-0.1, -0.05) is 42.5 Å². The molecule has 3 heterocycles. The number of aliphatic hydroxyl groups excluding tert-OH is 1. The molecule has 0 radical (unpaired) electrons. The maximum Gasteiger partial charge on any atom is 0.488 e. The number of phosphoric acid groups is 2. The Kier molecular flexibility index (Phi) is 10.2. The SMILES string of the molecule is Nc1ncnc2c1ncn2[C@@H]1O[C@H](COP(=O)(O)OP(=O)(O)OP(O)(O)=S)[C@@H](O)[C@H]1OC(=O)c1ccc(Cc2ccccc2)cc1. The lowest BCUT2D eigenvalue weighted by Gasteiger charge is -2.22. The minimum absolute atomic E-state index is 0.0247. The van der Waals surface area contributed by atoms with E-state index in [2.05, 4.69) is 35.4 Å². The molecule has 22 heteroatoms. The topological polar surface area (TPSA) is 268 Å². The molecule has 0 amide bonds. The summed E-state index contributed by atoms with van der Waals surface area (Å²) >= 11 is 4.06. The minimum Gasteiger partial charge on any atom is -0.451 e. The molecule has 2 aromatic carbocycles. The first-order valence-electron chi connectivity index (χ1n) is 13.0. The van der Waals surface area contributed by atoms with E-state index in [1.165, 1.54) is 10.9 Å². The number of benzene rings is 2. The van der Waals surface area contributed by atoms with Crippen LogP contribution in [0.1, 0.15) is 27.7 Å². The molecule has 18 nitrogen and oxygen atoms in total. The van der Waals surface area contributed by atoms with Gasteiger partial charge in [0, 0.05) is 0 Å². The second kappa shape index (κ2) is 13.6. The predicted molar refractivity (Wildman–Crippen MR) is 161 cm³/mol. The van der Waals surface area contributed by atoms with E-state index in [1.807, 2.05) is 30.3 Å². The van der Waals surface area contributed by atoms with Gasteiger partial charge in [-0.15, -0.1) is 0 Å². The van der Waals surface area contributed by atoms with Crippen molar-refractivity contribution in [1.82, 2.24) is 19.5 Å². The number of imidazole rings is 1. The number of nitrogens with zero attached hydrogens (tertiary/aromatic N) is 4. The monoisotopic (exact) mass is 717 g/mol. The fourth-order valence-electron chi connectivity index (χ4n) is 4.52. The average Bonchev–Trinajstić information content (AvgIpc) is 3.52. The largest absolute Gasteiger partial charge is 0.488 e. The number of aliphatic hydroxyl groups is 1. The van der Waals surface area contributed by atoms with Crippen LogP contribution in [0.5, 0.6) is 0 Å². The first kappa shape index (κ1) is 34.3. The molecule has 6 atom stereocenters. The molecule has 5 rings (SSSR count). The molecule has 2 unspecified atom stereocenters. The number of carbonyl (C=O) groups is 1. The highest BCUT2D eigenvalue weighted by Crippen LogP contribution is 2.66. The van der Waals surface area contributed by atoms with Gasteiger partial charge in [-0.3, -0.25) is 9.09 Å². The second-order valence-electron chi connectivity index (χ2n) is 9.75. The fraction of sp³-hybridized carbons (Fsp3) is 0.250. The van der Waals surface area contributed by atoms with Crippen molar-refractivity contribution in [2.75, 3.05) is 12.3 Å². The Hall–Kier alpha value is -2.99. The molecule has 7 N–H and O–H groups in total. The van der Waals surface area contributed by atoms with Gasteiger partial charge < -0.3 is 39.9 Å². The van der Waals surface area contributed by atoms with E-state index in [4.69, 9.17) is 29.5 Å². The minimum atomic E-state index is -5.59. The van der Waals surface area contributed by atoms with Crippen LogP contribution in [0.2, 0.25) is 0 Å². The smallest absolute Gasteiger partial charge is 0.451 e. The lowest BCUT2D eigenvalue weighted by atomic mass is 10.0. The van der Waals surface area contributed by atoms with E-state index < -0.39 is 59.5 Å². The van der Waals surface area contributed by atoms with Crippen LogP contribution in [-0.2, 0) is 50.0 Å². The Morgan fingerprint density at radius 1 is 0.957 bits per heavy atom. The van der Waals surface area contributed by atoms with Crippen LogP contribution in [-0.4, -0.2) is 75.1 Å². The summed E-state index contributed by atoms with van der Waals surface area (Å²) in [5.74, 6) is -0.820. The number of hydrogen-bond donors (Lipinski definition) is 6. The Labute approximate surface area is 264 Å². The van der Waals surface area contributed by atoms with Crippen molar-refractivity contribution >= 4 is 57.1 Å². The number of anilines is 1. The number of rotatable bonds is 12. The number of phosphoric ester groups is 1. The molecular weight excluding hydrogens is 691 g/mol. The zero-order chi connectivity index (χ0) is 33.3. The van der Waals surface area contributed by atoms with Gasteiger partial charge >= 0.3 is 28.3 Å². The number of fused-ring (bicyclic) bond motifs is 1. The van der Waals surface area contributed by atoms with Crippen molar-refractivity contribution in [3.63, 3.8) is 0 Å². The van der Waals surface area contributed by atoms with E-state index in [9.17, 15) is 28.8 Å². The summed E-state index contributed by atoms with van der Waals surface area (Å²) in [5.41, 5.74) is 8.32. The summed E-state index contributed by atoms with van der Waals surface area (Å²) in [7, 11) is -11.1. The lowest BCUT2D eigenvalue weighted by molar-refractivity contribution is -0.0558.